The van der Waals surface area contributed by atoms with Crippen molar-refractivity contribution in [3.05, 3.63) is 45.9 Å². The molecule has 114 valence electrons. The van der Waals surface area contributed by atoms with Gasteiger partial charge in [0.25, 0.3) is 0 Å². The highest BCUT2D eigenvalue weighted by Crippen LogP contribution is 2.30. The van der Waals surface area contributed by atoms with E-state index in [0.717, 1.165) is 37.3 Å². The number of aryl methyl sites for hydroxylation is 1. The fourth-order valence-corrected chi connectivity index (χ4v) is 3.28. The average molecular weight is 304 g/mol. The van der Waals surface area contributed by atoms with Crippen molar-refractivity contribution in [1.29, 1.82) is 0 Å². The molecular formula is C17H24N2OS. The third-order valence-electron chi connectivity index (χ3n) is 3.26. The predicted molar refractivity (Wildman–Crippen MR) is 89.2 cm³/mol. The van der Waals surface area contributed by atoms with Crippen LogP contribution in [0.15, 0.2) is 30.6 Å². The van der Waals surface area contributed by atoms with Crippen LogP contribution in [-0.4, -0.2) is 18.1 Å². The van der Waals surface area contributed by atoms with Crippen LogP contribution in [0.3, 0.4) is 0 Å². The van der Waals surface area contributed by atoms with E-state index in [-0.39, 0.29) is 6.04 Å². The molecule has 0 aliphatic heterocycles. The molecular weight excluding hydrogens is 280 g/mol. The SMILES string of the molecule is CCCOc1cncc(C(NCC)c2ccc(CC)s2)c1. The predicted octanol–water partition coefficient (Wildman–Crippen LogP) is 4.19. The van der Waals surface area contributed by atoms with Crippen molar-refractivity contribution >= 4 is 11.3 Å². The van der Waals surface area contributed by atoms with Gasteiger partial charge in [0.2, 0.25) is 0 Å². The number of ether oxygens (including phenoxy) is 1. The molecule has 0 fully saturated rings. The van der Waals surface area contributed by atoms with Crippen molar-refractivity contribution in [3.8, 4) is 5.75 Å². The van der Waals surface area contributed by atoms with E-state index >= 15 is 0 Å². The fourth-order valence-electron chi connectivity index (χ4n) is 2.22. The zero-order chi connectivity index (χ0) is 15.1. The minimum atomic E-state index is 0.193. The van der Waals surface area contributed by atoms with Crippen LogP contribution in [0, 0.1) is 0 Å². The van der Waals surface area contributed by atoms with Gasteiger partial charge in [-0.3, -0.25) is 4.98 Å². The van der Waals surface area contributed by atoms with Crippen LogP contribution in [0.2, 0.25) is 0 Å². The highest BCUT2D eigenvalue weighted by Gasteiger charge is 2.16. The van der Waals surface area contributed by atoms with E-state index in [0.29, 0.717) is 0 Å². The van der Waals surface area contributed by atoms with Gasteiger partial charge < -0.3 is 10.1 Å². The van der Waals surface area contributed by atoms with E-state index in [1.54, 1.807) is 6.20 Å². The van der Waals surface area contributed by atoms with Gasteiger partial charge in [-0.1, -0.05) is 20.8 Å². The first-order chi connectivity index (χ1) is 10.3. The van der Waals surface area contributed by atoms with E-state index in [1.807, 2.05) is 17.5 Å². The van der Waals surface area contributed by atoms with Gasteiger partial charge in [-0.05, 0) is 43.1 Å². The maximum absolute atomic E-state index is 5.70. The summed E-state index contributed by atoms with van der Waals surface area (Å²) in [4.78, 5) is 7.08. The Labute approximate surface area is 131 Å². The second-order valence-electron chi connectivity index (χ2n) is 4.95. The number of hydrogen-bond donors (Lipinski definition) is 1. The van der Waals surface area contributed by atoms with Gasteiger partial charge in [0.15, 0.2) is 0 Å². The lowest BCUT2D eigenvalue weighted by Gasteiger charge is -2.17. The maximum Gasteiger partial charge on any atom is 0.137 e. The molecule has 2 rings (SSSR count). The molecule has 0 aromatic carbocycles. The van der Waals surface area contributed by atoms with Crippen LogP contribution < -0.4 is 10.1 Å². The molecule has 0 amide bonds. The van der Waals surface area contributed by atoms with Crippen LogP contribution in [0.4, 0.5) is 0 Å². The van der Waals surface area contributed by atoms with E-state index in [2.05, 4.69) is 49.3 Å². The molecule has 2 aromatic heterocycles. The lowest BCUT2D eigenvalue weighted by Crippen LogP contribution is -2.21. The van der Waals surface area contributed by atoms with Gasteiger partial charge in [0.05, 0.1) is 18.8 Å². The molecule has 0 radical (unpaired) electrons. The van der Waals surface area contributed by atoms with E-state index < -0.39 is 0 Å². The van der Waals surface area contributed by atoms with Crippen molar-refractivity contribution in [3.63, 3.8) is 0 Å². The Balaban J connectivity index is 2.24. The van der Waals surface area contributed by atoms with Crippen LogP contribution >= 0.6 is 11.3 Å². The lowest BCUT2D eigenvalue weighted by molar-refractivity contribution is 0.315. The number of aromatic nitrogens is 1. The smallest absolute Gasteiger partial charge is 0.137 e. The number of nitrogens with one attached hydrogen (secondary N) is 1. The molecule has 0 saturated heterocycles. The standard InChI is InChI=1S/C17H24N2OS/c1-4-9-20-14-10-13(11-18-12-14)17(19-6-3)16-8-7-15(5-2)21-16/h7-8,10-12,17,19H,4-6,9H2,1-3H3. The Kier molecular flexibility index (Phi) is 6.21. The van der Waals surface area contributed by atoms with Gasteiger partial charge in [0, 0.05) is 16.0 Å². The van der Waals surface area contributed by atoms with E-state index in [1.165, 1.54) is 9.75 Å². The Morgan fingerprint density at radius 2 is 2.10 bits per heavy atom. The lowest BCUT2D eigenvalue weighted by atomic mass is 10.1. The average Bonchev–Trinajstić information content (AvgIpc) is 2.99. The summed E-state index contributed by atoms with van der Waals surface area (Å²) < 4.78 is 5.70. The zero-order valence-electron chi connectivity index (χ0n) is 13.1. The summed E-state index contributed by atoms with van der Waals surface area (Å²) >= 11 is 1.87. The molecule has 0 saturated carbocycles. The number of nitrogens with zero attached hydrogens (tertiary/aromatic N) is 1. The van der Waals surface area contributed by atoms with E-state index in [4.69, 9.17) is 4.74 Å². The fraction of sp³-hybridized carbons (Fsp3) is 0.471. The van der Waals surface area contributed by atoms with Gasteiger partial charge in [-0.25, -0.2) is 0 Å². The topological polar surface area (TPSA) is 34.1 Å². The van der Waals surface area contributed by atoms with Gasteiger partial charge >= 0.3 is 0 Å². The third-order valence-corrected chi connectivity index (χ3v) is 4.56. The summed E-state index contributed by atoms with van der Waals surface area (Å²) in [5.41, 5.74) is 1.16. The number of thiophene rings is 1. The van der Waals surface area contributed by atoms with Gasteiger partial charge in [-0.15, -0.1) is 11.3 Å². The molecule has 0 aliphatic rings. The Bertz CT molecular complexity index is 553. The summed E-state index contributed by atoms with van der Waals surface area (Å²) in [6.45, 7) is 8.08. The Hall–Kier alpha value is -1.39. The number of rotatable bonds is 8. The summed E-state index contributed by atoms with van der Waals surface area (Å²) in [5, 5.41) is 3.55. The molecule has 0 aliphatic carbocycles. The van der Waals surface area contributed by atoms with E-state index in [9.17, 15) is 0 Å². The Morgan fingerprint density at radius 3 is 2.76 bits per heavy atom. The van der Waals surface area contributed by atoms with Crippen molar-refractivity contribution in [2.24, 2.45) is 0 Å². The Morgan fingerprint density at radius 1 is 1.24 bits per heavy atom. The third kappa shape index (κ3) is 4.29. The molecule has 2 aromatic rings. The summed E-state index contributed by atoms with van der Waals surface area (Å²) in [6, 6.07) is 6.73. The monoisotopic (exact) mass is 304 g/mol. The van der Waals surface area contributed by atoms with Gasteiger partial charge in [-0.2, -0.15) is 0 Å². The minimum Gasteiger partial charge on any atom is -0.492 e. The summed E-state index contributed by atoms with van der Waals surface area (Å²) in [6.07, 6.45) is 5.80. The first-order valence-electron chi connectivity index (χ1n) is 7.68. The van der Waals surface area contributed by atoms with Crippen molar-refractivity contribution in [1.82, 2.24) is 10.3 Å². The van der Waals surface area contributed by atoms with Gasteiger partial charge in [0.1, 0.15) is 5.75 Å². The quantitative estimate of drug-likeness (QED) is 0.794. The van der Waals surface area contributed by atoms with Crippen LogP contribution in [-0.2, 0) is 6.42 Å². The first kappa shape index (κ1) is 16.0. The van der Waals surface area contributed by atoms with Crippen LogP contribution in [0.1, 0.15) is 48.6 Å². The second kappa shape index (κ2) is 8.15. The maximum atomic E-state index is 5.70. The minimum absolute atomic E-state index is 0.193. The molecule has 0 spiro atoms. The summed E-state index contributed by atoms with van der Waals surface area (Å²) in [5.74, 6) is 0.851. The van der Waals surface area contributed by atoms with Crippen molar-refractivity contribution < 1.29 is 4.74 Å². The highest BCUT2D eigenvalue weighted by molar-refractivity contribution is 7.12. The number of hydrogen-bond acceptors (Lipinski definition) is 4. The molecule has 2 heterocycles. The largest absolute Gasteiger partial charge is 0.492 e. The molecule has 1 atom stereocenters. The normalized spacial score (nSPS) is 12.3. The highest BCUT2D eigenvalue weighted by atomic mass is 32.1. The molecule has 1 unspecified atom stereocenters. The van der Waals surface area contributed by atoms with Crippen LogP contribution in [0.25, 0.3) is 0 Å². The first-order valence-corrected chi connectivity index (χ1v) is 8.49. The zero-order valence-corrected chi connectivity index (χ0v) is 13.9. The second-order valence-corrected chi connectivity index (χ2v) is 6.15. The molecule has 4 heteroatoms. The summed E-state index contributed by atoms with van der Waals surface area (Å²) in [7, 11) is 0. The van der Waals surface area contributed by atoms with Crippen LogP contribution in [0.5, 0.6) is 5.75 Å². The molecule has 3 nitrogen and oxygen atoms in total. The number of pyridine rings is 1. The van der Waals surface area contributed by atoms with Crippen molar-refractivity contribution in [2.45, 2.75) is 39.7 Å². The molecule has 1 N–H and O–H groups in total. The molecule has 21 heavy (non-hydrogen) atoms. The molecule has 0 bridgehead atoms. The van der Waals surface area contributed by atoms with Crippen molar-refractivity contribution in [2.75, 3.05) is 13.2 Å².